The number of nitrogens with two attached hydrogens (primary N) is 1. The molecule has 0 saturated heterocycles. The lowest BCUT2D eigenvalue weighted by atomic mass is 9.82. The van der Waals surface area contributed by atoms with Crippen molar-refractivity contribution in [2.75, 3.05) is 0 Å². The standard InChI is InChI=1S/C7H14BF3NO2/c1-7(2,3)14-6(13)5(12)4-8(9,10)11/h5H,4,12H2,1-3H3/q-1. The molecule has 0 aromatic heterocycles. The molecule has 3 nitrogen and oxygen atoms in total. The van der Waals surface area contributed by atoms with E-state index in [1.54, 1.807) is 20.8 Å². The summed E-state index contributed by atoms with van der Waals surface area (Å²) in [5, 5.41) is 0. The second-order valence-electron chi connectivity index (χ2n) is 4.09. The Morgan fingerprint density at radius 1 is 1.43 bits per heavy atom. The van der Waals surface area contributed by atoms with Crippen LogP contribution in [0.4, 0.5) is 12.9 Å². The SMILES string of the molecule is CC(C)(C)OC(=O)C(N)C[B-](F)(F)F. The van der Waals surface area contributed by atoms with Crippen LogP contribution in [0, 0.1) is 0 Å². The van der Waals surface area contributed by atoms with Gasteiger partial charge in [0.25, 0.3) is 0 Å². The summed E-state index contributed by atoms with van der Waals surface area (Å²) in [7, 11) is 0. The van der Waals surface area contributed by atoms with Crippen molar-refractivity contribution in [2.24, 2.45) is 5.73 Å². The van der Waals surface area contributed by atoms with Crippen molar-refractivity contribution in [3.63, 3.8) is 0 Å². The number of hydrogen-bond donors (Lipinski definition) is 1. The Bertz CT molecular complexity index is 212. The fraction of sp³-hybridized carbons (Fsp3) is 0.857. The molecule has 0 heterocycles. The summed E-state index contributed by atoms with van der Waals surface area (Å²) in [6.45, 7) is -0.352. The largest absolute Gasteiger partial charge is 0.480 e. The van der Waals surface area contributed by atoms with E-state index in [1.807, 2.05) is 0 Å². The highest BCUT2D eigenvalue weighted by Gasteiger charge is 2.31. The van der Waals surface area contributed by atoms with Crippen molar-refractivity contribution in [1.29, 1.82) is 0 Å². The van der Waals surface area contributed by atoms with Crippen LogP contribution in [0.15, 0.2) is 0 Å². The summed E-state index contributed by atoms with van der Waals surface area (Å²) in [5.74, 6) is -1.02. The maximum Gasteiger partial charge on any atom is 0.480 e. The smallest absolute Gasteiger partial charge is 0.459 e. The van der Waals surface area contributed by atoms with Gasteiger partial charge in [-0.25, -0.2) is 0 Å². The zero-order chi connectivity index (χ0) is 11.6. The molecule has 1 unspecified atom stereocenters. The van der Waals surface area contributed by atoms with Gasteiger partial charge in [0.1, 0.15) is 5.60 Å². The molecule has 7 heteroatoms. The summed E-state index contributed by atoms with van der Waals surface area (Å²) in [5.41, 5.74) is 4.22. The molecule has 0 aromatic carbocycles. The summed E-state index contributed by atoms with van der Waals surface area (Å²) >= 11 is 0. The lowest BCUT2D eigenvalue weighted by Crippen LogP contribution is -2.41. The maximum absolute atomic E-state index is 11.9. The van der Waals surface area contributed by atoms with E-state index in [-0.39, 0.29) is 0 Å². The summed E-state index contributed by atoms with van der Waals surface area (Å²) < 4.78 is 40.3. The molecule has 84 valence electrons. The molecule has 0 fully saturated rings. The van der Waals surface area contributed by atoms with Crippen LogP contribution >= 0.6 is 0 Å². The number of hydrogen-bond acceptors (Lipinski definition) is 3. The highest BCUT2D eigenvalue weighted by atomic mass is 19.4. The van der Waals surface area contributed by atoms with Gasteiger partial charge >= 0.3 is 12.9 Å². The Kier molecular flexibility index (Phi) is 3.99. The number of carbonyl (C=O) groups is 1. The normalized spacial score (nSPS) is 15.1. The molecule has 1 atom stereocenters. The predicted octanol–water partition coefficient (Wildman–Crippen LogP) is 1.50. The molecule has 0 aromatic rings. The second-order valence-corrected chi connectivity index (χ2v) is 4.09. The fourth-order valence-corrected chi connectivity index (χ4v) is 0.762. The van der Waals surface area contributed by atoms with Crippen molar-refractivity contribution in [3.8, 4) is 0 Å². The quantitative estimate of drug-likeness (QED) is 0.569. The first-order valence-electron chi connectivity index (χ1n) is 4.21. The second kappa shape index (κ2) is 4.21. The Morgan fingerprint density at radius 2 is 1.86 bits per heavy atom. The average molecular weight is 212 g/mol. The first-order chi connectivity index (χ1) is 6.01. The summed E-state index contributed by atoms with van der Waals surface area (Å²) in [4.78, 5) is 11.0. The van der Waals surface area contributed by atoms with Gasteiger partial charge in [-0.05, 0) is 20.8 Å². The molecule has 2 N–H and O–H groups in total. The monoisotopic (exact) mass is 212 g/mol. The van der Waals surface area contributed by atoms with Crippen LogP contribution in [-0.4, -0.2) is 24.6 Å². The number of ether oxygens (including phenoxy) is 1. The van der Waals surface area contributed by atoms with E-state index in [1.165, 1.54) is 0 Å². The van der Waals surface area contributed by atoms with Crippen LogP contribution in [0.3, 0.4) is 0 Å². The summed E-state index contributed by atoms with van der Waals surface area (Å²) in [6.07, 6.45) is -1.30. The van der Waals surface area contributed by atoms with Crippen molar-refractivity contribution < 1.29 is 22.5 Å². The molecule has 0 aliphatic rings. The number of carbonyl (C=O) groups excluding carboxylic acids is 1. The zero-order valence-electron chi connectivity index (χ0n) is 8.39. The molecule has 0 saturated carbocycles. The van der Waals surface area contributed by atoms with E-state index in [0.717, 1.165) is 0 Å². The van der Waals surface area contributed by atoms with E-state index in [0.29, 0.717) is 0 Å². The van der Waals surface area contributed by atoms with Gasteiger partial charge in [0, 0.05) is 0 Å². The lowest BCUT2D eigenvalue weighted by Gasteiger charge is -2.24. The molecular formula is C7H14BF3NO2-. The highest BCUT2D eigenvalue weighted by Crippen LogP contribution is 2.18. The van der Waals surface area contributed by atoms with Crippen LogP contribution in [0.2, 0.25) is 6.32 Å². The first-order valence-corrected chi connectivity index (χ1v) is 4.21. The topological polar surface area (TPSA) is 52.3 Å². The minimum atomic E-state index is -5.05. The average Bonchev–Trinajstić information content (AvgIpc) is 1.78. The maximum atomic E-state index is 11.9. The van der Waals surface area contributed by atoms with E-state index < -0.39 is 30.9 Å². The minimum absolute atomic E-state index is 0.812. The number of esters is 1. The third-order valence-electron chi connectivity index (χ3n) is 1.23. The van der Waals surface area contributed by atoms with Gasteiger partial charge in [-0.15, -0.1) is 0 Å². The Hall–Kier alpha value is -0.715. The summed E-state index contributed by atoms with van der Waals surface area (Å²) in [6, 6.07) is -1.62. The van der Waals surface area contributed by atoms with Crippen molar-refractivity contribution in [1.82, 2.24) is 0 Å². The molecule has 0 spiro atoms. The molecule has 0 bridgehead atoms. The molecule has 0 aliphatic carbocycles. The lowest BCUT2D eigenvalue weighted by molar-refractivity contribution is -0.156. The van der Waals surface area contributed by atoms with E-state index in [4.69, 9.17) is 10.5 Å². The zero-order valence-corrected chi connectivity index (χ0v) is 8.39. The third-order valence-corrected chi connectivity index (χ3v) is 1.23. The van der Waals surface area contributed by atoms with Crippen LogP contribution in [0.25, 0.3) is 0 Å². The highest BCUT2D eigenvalue weighted by molar-refractivity contribution is 6.59. The van der Waals surface area contributed by atoms with E-state index >= 15 is 0 Å². The van der Waals surface area contributed by atoms with Gasteiger partial charge in [-0.2, -0.15) is 0 Å². The Labute approximate surface area is 80.8 Å². The fourth-order valence-electron chi connectivity index (χ4n) is 0.762. The van der Waals surface area contributed by atoms with Gasteiger partial charge in [0.05, 0.1) is 6.04 Å². The molecule has 0 aliphatic heterocycles. The number of rotatable bonds is 3. The van der Waals surface area contributed by atoms with Crippen molar-refractivity contribution in [3.05, 3.63) is 0 Å². The van der Waals surface area contributed by atoms with Crippen LogP contribution < -0.4 is 5.73 Å². The molecule has 0 radical (unpaired) electrons. The predicted molar refractivity (Wildman–Crippen MR) is 47.7 cm³/mol. The van der Waals surface area contributed by atoms with E-state index in [9.17, 15) is 17.7 Å². The molecule has 14 heavy (non-hydrogen) atoms. The van der Waals surface area contributed by atoms with Gasteiger partial charge < -0.3 is 23.4 Å². The third kappa shape index (κ3) is 6.76. The molecular weight excluding hydrogens is 198 g/mol. The van der Waals surface area contributed by atoms with Gasteiger partial charge in [-0.3, -0.25) is 4.79 Å². The van der Waals surface area contributed by atoms with Crippen LogP contribution in [0.5, 0.6) is 0 Å². The van der Waals surface area contributed by atoms with Crippen molar-refractivity contribution >= 4 is 12.9 Å². The van der Waals surface area contributed by atoms with E-state index in [2.05, 4.69) is 0 Å². The molecule has 0 amide bonds. The van der Waals surface area contributed by atoms with Gasteiger partial charge in [-0.1, -0.05) is 6.32 Å². The Morgan fingerprint density at radius 3 is 2.14 bits per heavy atom. The van der Waals surface area contributed by atoms with Gasteiger partial charge in [0.15, 0.2) is 0 Å². The van der Waals surface area contributed by atoms with Crippen LogP contribution in [-0.2, 0) is 9.53 Å². The van der Waals surface area contributed by atoms with Gasteiger partial charge in [0.2, 0.25) is 0 Å². The minimum Gasteiger partial charge on any atom is -0.459 e. The van der Waals surface area contributed by atoms with Crippen LogP contribution in [0.1, 0.15) is 20.8 Å². The van der Waals surface area contributed by atoms with Crippen molar-refractivity contribution in [2.45, 2.75) is 38.7 Å². The Balaban J connectivity index is 4.15. The first kappa shape index (κ1) is 13.3. The number of halogens is 3. The molecule has 0 rings (SSSR count).